The molecular weight excluding hydrogens is 286 g/mol. The van der Waals surface area contributed by atoms with E-state index in [4.69, 9.17) is 0 Å². The maximum absolute atomic E-state index is 12.5. The largest absolute Gasteiger partial charge is 0.314 e. The van der Waals surface area contributed by atoms with E-state index in [9.17, 15) is 8.42 Å². The molecule has 0 spiro atoms. The van der Waals surface area contributed by atoms with E-state index < -0.39 is 10.2 Å². The highest BCUT2D eigenvalue weighted by molar-refractivity contribution is 7.90. The second kappa shape index (κ2) is 7.77. The van der Waals surface area contributed by atoms with E-state index in [1.807, 2.05) is 25.1 Å². The lowest BCUT2D eigenvalue weighted by atomic mass is 10.2. The maximum atomic E-state index is 12.5. The van der Waals surface area contributed by atoms with Gasteiger partial charge in [0.05, 0.1) is 5.69 Å². The summed E-state index contributed by atoms with van der Waals surface area (Å²) in [6.07, 6.45) is 0.787. The van der Waals surface area contributed by atoms with Crippen molar-refractivity contribution in [2.24, 2.45) is 0 Å². The average molecular weight is 313 g/mol. The van der Waals surface area contributed by atoms with Gasteiger partial charge in [-0.25, -0.2) is 0 Å². The van der Waals surface area contributed by atoms with Gasteiger partial charge in [-0.15, -0.1) is 0 Å². The van der Waals surface area contributed by atoms with Crippen molar-refractivity contribution in [3.8, 4) is 0 Å². The van der Waals surface area contributed by atoms with Crippen LogP contribution in [0.1, 0.15) is 25.8 Å². The van der Waals surface area contributed by atoms with Crippen LogP contribution < -0.4 is 9.62 Å². The molecule has 0 aromatic heterocycles. The first-order valence-electron chi connectivity index (χ1n) is 7.25. The zero-order valence-corrected chi connectivity index (χ0v) is 14.4. The van der Waals surface area contributed by atoms with E-state index in [1.165, 1.54) is 8.61 Å². The van der Waals surface area contributed by atoms with Crippen LogP contribution >= 0.6 is 0 Å². The monoisotopic (exact) mass is 313 g/mol. The molecule has 0 heterocycles. The zero-order valence-electron chi connectivity index (χ0n) is 13.6. The van der Waals surface area contributed by atoms with Gasteiger partial charge in [-0.05, 0) is 37.6 Å². The molecule has 0 aliphatic heterocycles. The molecule has 0 bridgehead atoms. The van der Waals surface area contributed by atoms with Crippen LogP contribution in [-0.4, -0.2) is 45.9 Å². The molecule has 0 saturated heterocycles. The molecule has 1 rings (SSSR count). The van der Waals surface area contributed by atoms with Crippen LogP contribution in [0.15, 0.2) is 24.3 Å². The van der Waals surface area contributed by atoms with Crippen LogP contribution in [0.5, 0.6) is 0 Å². The Bertz CT molecular complexity index is 544. The molecule has 1 N–H and O–H groups in total. The van der Waals surface area contributed by atoms with Crippen LogP contribution in [-0.2, 0) is 10.2 Å². The van der Waals surface area contributed by atoms with Crippen molar-refractivity contribution in [1.29, 1.82) is 0 Å². The van der Waals surface area contributed by atoms with Crippen molar-refractivity contribution in [2.45, 2.75) is 33.2 Å². The smallest absolute Gasteiger partial charge is 0.303 e. The molecule has 0 atom stereocenters. The Morgan fingerprint density at radius 2 is 1.90 bits per heavy atom. The molecule has 0 unspecified atom stereocenters. The van der Waals surface area contributed by atoms with Crippen molar-refractivity contribution in [3.63, 3.8) is 0 Å². The number of aryl methyl sites for hydroxylation is 1. The molecule has 120 valence electrons. The van der Waals surface area contributed by atoms with Gasteiger partial charge in [-0.3, -0.25) is 4.31 Å². The van der Waals surface area contributed by atoms with E-state index >= 15 is 0 Å². The molecule has 0 saturated carbocycles. The minimum Gasteiger partial charge on any atom is -0.314 e. The fourth-order valence-corrected chi connectivity index (χ4v) is 3.13. The number of nitrogens with zero attached hydrogens (tertiary/aromatic N) is 2. The maximum Gasteiger partial charge on any atom is 0.303 e. The lowest BCUT2D eigenvalue weighted by Crippen LogP contribution is -2.41. The molecule has 0 fully saturated rings. The van der Waals surface area contributed by atoms with Crippen LogP contribution in [0.3, 0.4) is 0 Å². The highest BCUT2D eigenvalue weighted by atomic mass is 32.2. The third-order valence-electron chi connectivity index (χ3n) is 3.31. The highest BCUT2D eigenvalue weighted by Gasteiger charge is 2.23. The van der Waals surface area contributed by atoms with Gasteiger partial charge >= 0.3 is 10.2 Å². The predicted molar refractivity (Wildman–Crippen MR) is 88.9 cm³/mol. The highest BCUT2D eigenvalue weighted by Crippen LogP contribution is 2.19. The Kier molecular flexibility index (Phi) is 6.64. The van der Waals surface area contributed by atoms with Crippen molar-refractivity contribution in [2.75, 3.05) is 31.5 Å². The summed E-state index contributed by atoms with van der Waals surface area (Å²) >= 11 is 0. The average Bonchev–Trinajstić information content (AvgIpc) is 2.42. The van der Waals surface area contributed by atoms with Crippen molar-refractivity contribution in [3.05, 3.63) is 29.8 Å². The van der Waals surface area contributed by atoms with Gasteiger partial charge in [-0.2, -0.15) is 12.7 Å². The first kappa shape index (κ1) is 17.9. The molecule has 0 radical (unpaired) electrons. The lowest BCUT2D eigenvalue weighted by molar-refractivity contribution is 0.446. The predicted octanol–water partition coefficient (Wildman–Crippen LogP) is 2.00. The fourth-order valence-electron chi connectivity index (χ4n) is 1.97. The summed E-state index contributed by atoms with van der Waals surface area (Å²) in [5, 5.41) is 3.29. The minimum absolute atomic E-state index is 0.418. The zero-order chi connectivity index (χ0) is 16.0. The third kappa shape index (κ3) is 5.30. The first-order chi connectivity index (χ1) is 9.75. The van der Waals surface area contributed by atoms with Gasteiger partial charge in [0.25, 0.3) is 0 Å². The van der Waals surface area contributed by atoms with E-state index in [-0.39, 0.29) is 0 Å². The summed E-state index contributed by atoms with van der Waals surface area (Å²) < 4.78 is 27.7. The third-order valence-corrected chi connectivity index (χ3v) is 5.18. The summed E-state index contributed by atoms with van der Waals surface area (Å²) in [5.41, 5.74) is 1.72. The lowest BCUT2D eigenvalue weighted by Gasteiger charge is -2.26. The Morgan fingerprint density at radius 1 is 1.24 bits per heavy atom. The second-order valence-corrected chi connectivity index (χ2v) is 7.66. The molecule has 21 heavy (non-hydrogen) atoms. The fraction of sp³-hybridized carbons (Fsp3) is 0.600. The van der Waals surface area contributed by atoms with Gasteiger partial charge in [0, 0.05) is 26.7 Å². The Morgan fingerprint density at radius 3 is 2.48 bits per heavy atom. The number of rotatable bonds is 8. The minimum atomic E-state index is -3.47. The number of anilines is 1. The topological polar surface area (TPSA) is 52.7 Å². The normalized spacial score (nSPS) is 12.1. The summed E-state index contributed by atoms with van der Waals surface area (Å²) in [6.45, 7) is 7.41. The summed E-state index contributed by atoms with van der Waals surface area (Å²) in [7, 11) is -0.258. The van der Waals surface area contributed by atoms with E-state index in [0.29, 0.717) is 18.3 Å². The van der Waals surface area contributed by atoms with Crippen LogP contribution in [0.4, 0.5) is 5.69 Å². The van der Waals surface area contributed by atoms with Crippen molar-refractivity contribution < 1.29 is 8.42 Å². The van der Waals surface area contributed by atoms with Crippen LogP contribution in [0.25, 0.3) is 0 Å². The Balaban J connectivity index is 2.66. The van der Waals surface area contributed by atoms with E-state index in [1.54, 1.807) is 20.2 Å². The number of benzene rings is 1. The van der Waals surface area contributed by atoms with Gasteiger partial charge < -0.3 is 5.32 Å². The first-order valence-corrected chi connectivity index (χ1v) is 8.65. The van der Waals surface area contributed by atoms with Crippen LogP contribution in [0.2, 0.25) is 0 Å². The second-order valence-electron chi connectivity index (χ2n) is 5.60. The van der Waals surface area contributed by atoms with Crippen LogP contribution in [0, 0.1) is 6.92 Å². The molecule has 5 nitrogen and oxygen atoms in total. The summed E-state index contributed by atoms with van der Waals surface area (Å²) in [5.74, 6) is 0. The van der Waals surface area contributed by atoms with Gasteiger partial charge in [0.1, 0.15) is 0 Å². The van der Waals surface area contributed by atoms with Gasteiger partial charge in [0.15, 0.2) is 0 Å². The van der Waals surface area contributed by atoms with Gasteiger partial charge in [-0.1, -0.05) is 26.0 Å². The molecule has 1 aromatic rings. The van der Waals surface area contributed by atoms with Gasteiger partial charge in [0.2, 0.25) is 0 Å². The quantitative estimate of drug-likeness (QED) is 0.747. The molecule has 0 aliphatic carbocycles. The molecule has 6 heteroatoms. The number of hydrogen-bond acceptors (Lipinski definition) is 3. The van der Waals surface area contributed by atoms with Crippen molar-refractivity contribution in [1.82, 2.24) is 9.62 Å². The van der Waals surface area contributed by atoms with Crippen molar-refractivity contribution >= 4 is 15.9 Å². The van der Waals surface area contributed by atoms with E-state index in [2.05, 4.69) is 19.2 Å². The summed E-state index contributed by atoms with van der Waals surface area (Å²) in [4.78, 5) is 0. The summed E-state index contributed by atoms with van der Waals surface area (Å²) in [6, 6.07) is 7.90. The molecule has 0 amide bonds. The molecular formula is C15H27N3O2S. The van der Waals surface area contributed by atoms with E-state index in [0.717, 1.165) is 18.5 Å². The SMILES string of the molecule is Cc1cccc(N(C)S(=O)(=O)N(C)CCCNC(C)C)c1. The molecule has 0 aliphatic rings. The Labute approximate surface area is 129 Å². The molecule has 1 aromatic carbocycles. The number of nitrogens with one attached hydrogen (secondary N) is 1. The number of hydrogen-bond donors (Lipinski definition) is 1. The standard InChI is InChI=1S/C15H27N3O2S/c1-13(2)16-10-7-11-17(4)21(19,20)18(5)15-9-6-8-14(3)12-15/h6,8-9,12-13,16H,7,10-11H2,1-5H3. The Hall–Kier alpha value is -1.11.